The van der Waals surface area contributed by atoms with Crippen molar-refractivity contribution in [2.45, 2.75) is 26.3 Å². The highest BCUT2D eigenvalue weighted by atomic mass is 16.3. The summed E-state index contributed by atoms with van der Waals surface area (Å²) in [6.45, 7) is 6.09. The molecule has 1 aromatic carbocycles. The lowest BCUT2D eigenvalue weighted by Crippen LogP contribution is -2.45. The molecule has 3 heteroatoms. The second-order valence-corrected chi connectivity index (χ2v) is 4.54. The number of benzene rings is 1. The van der Waals surface area contributed by atoms with Gasteiger partial charge in [-0.1, -0.05) is 12.1 Å². The van der Waals surface area contributed by atoms with Gasteiger partial charge in [0.25, 0.3) is 0 Å². The molecule has 0 radical (unpaired) electrons. The number of nitrogens with two attached hydrogens (primary N) is 1. The molecule has 3 nitrogen and oxygen atoms in total. The second-order valence-electron chi connectivity index (χ2n) is 4.54. The van der Waals surface area contributed by atoms with Crippen LogP contribution in [0.4, 0.5) is 11.4 Å². The second kappa shape index (κ2) is 4.11. The van der Waals surface area contributed by atoms with E-state index in [1.54, 1.807) is 0 Å². The normalized spacial score (nSPS) is 11.5. The highest BCUT2D eigenvalue weighted by Crippen LogP contribution is 2.30. The van der Waals surface area contributed by atoms with E-state index in [0.29, 0.717) is 0 Å². The molecule has 0 unspecified atom stereocenters. The summed E-state index contributed by atoms with van der Waals surface area (Å²) in [7, 11) is 1.95. The van der Waals surface area contributed by atoms with Crippen LogP contribution >= 0.6 is 0 Å². The molecule has 0 aromatic heterocycles. The van der Waals surface area contributed by atoms with E-state index in [9.17, 15) is 5.11 Å². The van der Waals surface area contributed by atoms with Crippen molar-refractivity contribution < 1.29 is 5.11 Å². The summed E-state index contributed by atoms with van der Waals surface area (Å²) in [4.78, 5) is 2.03. The molecule has 15 heavy (non-hydrogen) atoms. The van der Waals surface area contributed by atoms with Gasteiger partial charge in [0, 0.05) is 7.05 Å². The van der Waals surface area contributed by atoms with Crippen molar-refractivity contribution in [3.63, 3.8) is 0 Å². The Hall–Kier alpha value is -1.22. The molecule has 0 heterocycles. The van der Waals surface area contributed by atoms with Gasteiger partial charge in [0.2, 0.25) is 0 Å². The van der Waals surface area contributed by atoms with Gasteiger partial charge < -0.3 is 15.7 Å². The van der Waals surface area contributed by atoms with E-state index in [2.05, 4.69) is 0 Å². The fraction of sp³-hybridized carbons (Fsp3) is 0.500. The highest BCUT2D eigenvalue weighted by Gasteiger charge is 2.24. The third-order valence-corrected chi connectivity index (χ3v) is 2.90. The SMILES string of the molecule is Cc1cccc(N)c1N(C)C(C)(C)CO. The number of aliphatic hydroxyl groups excluding tert-OH is 1. The maximum absolute atomic E-state index is 9.33. The summed E-state index contributed by atoms with van der Waals surface area (Å²) in [6, 6.07) is 5.84. The number of anilines is 2. The van der Waals surface area contributed by atoms with Crippen molar-refractivity contribution in [3.05, 3.63) is 23.8 Å². The van der Waals surface area contributed by atoms with Crippen LogP contribution in [0.15, 0.2) is 18.2 Å². The summed E-state index contributed by atoms with van der Waals surface area (Å²) in [5.74, 6) is 0. The maximum Gasteiger partial charge on any atom is 0.0658 e. The zero-order chi connectivity index (χ0) is 11.6. The Kier molecular flexibility index (Phi) is 3.25. The number of nitrogens with zero attached hydrogens (tertiary/aromatic N) is 1. The van der Waals surface area contributed by atoms with Gasteiger partial charge in [-0.25, -0.2) is 0 Å². The fourth-order valence-electron chi connectivity index (χ4n) is 1.55. The van der Waals surface area contributed by atoms with Crippen LogP contribution < -0.4 is 10.6 Å². The Bertz CT molecular complexity index is 327. The van der Waals surface area contributed by atoms with Crippen LogP contribution in [0.3, 0.4) is 0 Å². The average molecular weight is 208 g/mol. The quantitative estimate of drug-likeness (QED) is 0.744. The lowest BCUT2D eigenvalue weighted by molar-refractivity contribution is 0.216. The summed E-state index contributed by atoms with van der Waals surface area (Å²) < 4.78 is 0. The smallest absolute Gasteiger partial charge is 0.0658 e. The van der Waals surface area contributed by atoms with Crippen LogP contribution in [-0.2, 0) is 0 Å². The van der Waals surface area contributed by atoms with Crippen LogP contribution in [-0.4, -0.2) is 24.3 Å². The molecule has 0 fully saturated rings. The largest absolute Gasteiger partial charge is 0.397 e. The highest BCUT2D eigenvalue weighted by molar-refractivity contribution is 5.71. The van der Waals surface area contributed by atoms with E-state index in [4.69, 9.17) is 5.73 Å². The molecule has 0 saturated carbocycles. The first-order chi connectivity index (χ1) is 6.90. The lowest BCUT2D eigenvalue weighted by Gasteiger charge is -2.37. The fourth-order valence-corrected chi connectivity index (χ4v) is 1.55. The molecule has 0 bridgehead atoms. The molecule has 0 aliphatic rings. The first-order valence-corrected chi connectivity index (χ1v) is 5.10. The van der Waals surface area contributed by atoms with Gasteiger partial charge in [0.05, 0.1) is 23.5 Å². The molecule has 0 atom stereocenters. The summed E-state index contributed by atoms with van der Waals surface area (Å²) >= 11 is 0. The van der Waals surface area contributed by atoms with Crippen molar-refractivity contribution in [2.24, 2.45) is 0 Å². The molecule has 0 aliphatic carbocycles. The van der Waals surface area contributed by atoms with Gasteiger partial charge in [-0.3, -0.25) is 0 Å². The van der Waals surface area contributed by atoms with E-state index in [1.165, 1.54) is 0 Å². The summed E-state index contributed by atoms with van der Waals surface area (Å²) in [6.07, 6.45) is 0. The van der Waals surface area contributed by atoms with E-state index in [1.807, 2.05) is 50.9 Å². The molecule has 84 valence electrons. The Balaban J connectivity index is 3.16. The molecule has 0 saturated heterocycles. The van der Waals surface area contributed by atoms with E-state index < -0.39 is 0 Å². The molecular weight excluding hydrogens is 188 g/mol. The number of aryl methyl sites for hydroxylation is 1. The van der Waals surface area contributed by atoms with Gasteiger partial charge in [-0.2, -0.15) is 0 Å². The topological polar surface area (TPSA) is 49.5 Å². The monoisotopic (exact) mass is 208 g/mol. The number of rotatable bonds is 3. The Morgan fingerprint density at radius 2 is 2.00 bits per heavy atom. The van der Waals surface area contributed by atoms with E-state index in [0.717, 1.165) is 16.9 Å². The maximum atomic E-state index is 9.33. The Morgan fingerprint density at radius 3 is 2.47 bits per heavy atom. The van der Waals surface area contributed by atoms with Crippen molar-refractivity contribution >= 4 is 11.4 Å². The number of hydrogen-bond acceptors (Lipinski definition) is 3. The first kappa shape index (κ1) is 11.9. The van der Waals surface area contributed by atoms with Gasteiger partial charge in [-0.15, -0.1) is 0 Å². The minimum absolute atomic E-state index is 0.0945. The van der Waals surface area contributed by atoms with Crippen LogP contribution in [0.5, 0.6) is 0 Å². The van der Waals surface area contributed by atoms with E-state index in [-0.39, 0.29) is 12.1 Å². The van der Waals surface area contributed by atoms with Gasteiger partial charge in [0.1, 0.15) is 0 Å². The van der Waals surface area contributed by atoms with E-state index >= 15 is 0 Å². The zero-order valence-electron chi connectivity index (χ0n) is 9.91. The summed E-state index contributed by atoms with van der Waals surface area (Å²) in [5, 5.41) is 9.33. The molecule has 0 spiro atoms. The van der Waals surface area contributed by atoms with Crippen molar-refractivity contribution in [1.29, 1.82) is 0 Å². The van der Waals surface area contributed by atoms with Crippen molar-refractivity contribution in [1.82, 2.24) is 0 Å². The van der Waals surface area contributed by atoms with Crippen LogP contribution in [0.25, 0.3) is 0 Å². The number of para-hydroxylation sites is 1. The molecular formula is C12H20N2O. The van der Waals surface area contributed by atoms with Crippen molar-refractivity contribution in [3.8, 4) is 0 Å². The minimum atomic E-state index is -0.305. The van der Waals surface area contributed by atoms with Crippen molar-refractivity contribution in [2.75, 3.05) is 24.3 Å². The van der Waals surface area contributed by atoms with Gasteiger partial charge in [-0.05, 0) is 32.4 Å². The Morgan fingerprint density at radius 1 is 1.40 bits per heavy atom. The predicted octanol–water partition coefficient (Wildman–Crippen LogP) is 1.78. The number of nitrogen functional groups attached to an aromatic ring is 1. The molecule has 1 rings (SSSR count). The third kappa shape index (κ3) is 2.23. The zero-order valence-corrected chi connectivity index (χ0v) is 9.91. The molecule has 0 amide bonds. The van der Waals surface area contributed by atoms with Gasteiger partial charge >= 0.3 is 0 Å². The molecule has 3 N–H and O–H groups in total. The third-order valence-electron chi connectivity index (χ3n) is 2.90. The number of likely N-dealkylation sites (N-methyl/N-ethyl adjacent to an activating group) is 1. The van der Waals surface area contributed by atoms with Crippen LogP contribution in [0, 0.1) is 6.92 Å². The first-order valence-electron chi connectivity index (χ1n) is 5.10. The average Bonchev–Trinajstić information content (AvgIpc) is 2.17. The number of hydrogen-bond donors (Lipinski definition) is 2. The lowest BCUT2D eigenvalue weighted by atomic mass is 10.0. The summed E-state index contributed by atoms with van der Waals surface area (Å²) in [5.41, 5.74) is 8.52. The minimum Gasteiger partial charge on any atom is -0.397 e. The number of aliphatic hydroxyl groups is 1. The molecule has 1 aromatic rings. The van der Waals surface area contributed by atoms with Gasteiger partial charge in [0.15, 0.2) is 0 Å². The Labute approximate surface area is 91.5 Å². The predicted molar refractivity (Wildman–Crippen MR) is 65.2 cm³/mol. The standard InChI is InChI=1S/C12H20N2O/c1-9-6-5-7-10(13)11(9)14(4)12(2,3)8-15/h5-7,15H,8,13H2,1-4H3. The van der Waals surface area contributed by atoms with Crippen LogP contribution in [0.1, 0.15) is 19.4 Å². The molecule has 0 aliphatic heterocycles. The van der Waals surface area contributed by atoms with Crippen LogP contribution in [0.2, 0.25) is 0 Å².